The van der Waals surface area contributed by atoms with Crippen molar-refractivity contribution >= 4 is 11.6 Å². The van der Waals surface area contributed by atoms with E-state index in [2.05, 4.69) is 4.98 Å². The first-order valence-corrected chi connectivity index (χ1v) is 7.50. The Morgan fingerprint density at radius 1 is 1.36 bits per heavy atom. The van der Waals surface area contributed by atoms with Gasteiger partial charge in [0.1, 0.15) is 23.3 Å². The van der Waals surface area contributed by atoms with E-state index in [1.165, 1.54) is 18.2 Å². The van der Waals surface area contributed by atoms with E-state index in [4.69, 9.17) is 9.47 Å². The number of alkyl halides is 3. The first-order valence-electron chi connectivity index (χ1n) is 7.50. The molecule has 1 atom stereocenters. The van der Waals surface area contributed by atoms with Crippen LogP contribution in [0, 0.1) is 0 Å². The lowest BCUT2D eigenvalue weighted by atomic mass is 10.1. The summed E-state index contributed by atoms with van der Waals surface area (Å²) < 4.78 is 50.4. The van der Waals surface area contributed by atoms with Crippen LogP contribution in [-0.2, 0) is 6.18 Å². The molecule has 8 heteroatoms. The van der Waals surface area contributed by atoms with Crippen LogP contribution in [0.3, 0.4) is 0 Å². The van der Waals surface area contributed by atoms with Crippen molar-refractivity contribution in [1.29, 1.82) is 0 Å². The Bertz CT molecular complexity index is 808. The first kappa shape index (κ1) is 17.1. The average Bonchev–Trinajstić information content (AvgIpc) is 2.59. The lowest BCUT2D eigenvalue weighted by Crippen LogP contribution is -2.43. The summed E-state index contributed by atoms with van der Waals surface area (Å²) in [5.41, 5.74) is -1.36. The number of halogens is 3. The van der Waals surface area contributed by atoms with Crippen LogP contribution >= 0.6 is 0 Å². The van der Waals surface area contributed by atoms with Crippen LogP contribution in [0.15, 0.2) is 36.5 Å². The molecule has 25 heavy (non-hydrogen) atoms. The zero-order valence-electron chi connectivity index (χ0n) is 13.5. The second kappa shape index (κ2) is 6.27. The Hall–Kier alpha value is -2.77. The van der Waals surface area contributed by atoms with E-state index < -0.39 is 23.3 Å². The Labute approximate surface area is 142 Å². The molecule has 1 aliphatic heterocycles. The molecule has 5 nitrogen and oxygen atoms in total. The Morgan fingerprint density at radius 2 is 2.12 bits per heavy atom. The van der Waals surface area contributed by atoms with E-state index in [1.807, 2.05) is 0 Å². The van der Waals surface area contributed by atoms with Crippen LogP contribution in [0.4, 0.5) is 18.9 Å². The fraction of sp³-hybridized carbons (Fsp3) is 0.294. The number of methoxy groups -OCH3 is 1. The van der Waals surface area contributed by atoms with E-state index in [-0.39, 0.29) is 12.6 Å². The number of hydrogen-bond acceptors (Lipinski definition) is 4. The number of carbonyl (C=O) groups excluding carboxylic acids is 1. The highest BCUT2D eigenvalue weighted by atomic mass is 19.4. The van der Waals surface area contributed by atoms with E-state index in [9.17, 15) is 18.0 Å². The zero-order chi connectivity index (χ0) is 18.2. The Balaban J connectivity index is 2.08. The second-order valence-electron chi connectivity index (χ2n) is 5.58. The number of ether oxygens (including phenoxy) is 2. The molecule has 2 heterocycles. The molecule has 2 aromatic rings. The van der Waals surface area contributed by atoms with Crippen molar-refractivity contribution in [2.24, 2.45) is 0 Å². The minimum Gasteiger partial charge on any atom is -0.497 e. The number of carbonyl (C=O) groups is 1. The van der Waals surface area contributed by atoms with Crippen molar-refractivity contribution in [2.45, 2.75) is 19.2 Å². The summed E-state index contributed by atoms with van der Waals surface area (Å²) in [5.74, 6) is 0.0294. The van der Waals surface area contributed by atoms with Gasteiger partial charge in [-0.2, -0.15) is 13.2 Å². The maximum atomic E-state index is 13.2. The smallest absolute Gasteiger partial charge is 0.418 e. The fourth-order valence-electron chi connectivity index (χ4n) is 2.67. The molecule has 1 aromatic heterocycles. The standard InChI is InChI=1S/C17H15F3N2O3/c1-10-9-22(13-8-11(24-2)5-6-14(13)25-10)16(23)15-12(17(18,19)20)4-3-7-21-15/h3-8,10H,9H2,1-2H3. The van der Waals surface area contributed by atoms with Crippen LogP contribution in [0.2, 0.25) is 0 Å². The number of benzene rings is 1. The van der Waals surface area contributed by atoms with Gasteiger partial charge in [-0.15, -0.1) is 0 Å². The number of nitrogens with zero attached hydrogens (tertiary/aromatic N) is 2. The van der Waals surface area contributed by atoms with Crippen molar-refractivity contribution in [3.8, 4) is 11.5 Å². The Kier molecular flexibility index (Phi) is 4.28. The van der Waals surface area contributed by atoms with Gasteiger partial charge in [0.2, 0.25) is 0 Å². The van der Waals surface area contributed by atoms with Crippen LogP contribution in [-0.4, -0.2) is 30.6 Å². The van der Waals surface area contributed by atoms with E-state index in [0.29, 0.717) is 17.2 Å². The third kappa shape index (κ3) is 3.24. The SMILES string of the molecule is COc1ccc2c(c1)N(C(=O)c1ncccc1C(F)(F)F)CC(C)O2. The topological polar surface area (TPSA) is 51.7 Å². The largest absolute Gasteiger partial charge is 0.497 e. The summed E-state index contributed by atoms with van der Waals surface area (Å²) in [7, 11) is 1.46. The minimum absolute atomic E-state index is 0.104. The van der Waals surface area contributed by atoms with Gasteiger partial charge in [-0.05, 0) is 31.2 Å². The van der Waals surface area contributed by atoms with Crippen LogP contribution in [0.5, 0.6) is 11.5 Å². The third-order valence-corrected chi connectivity index (χ3v) is 3.79. The van der Waals surface area contributed by atoms with Gasteiger partial charge in [0, 0.05) is 12.3 Å². The third-order valence-electron chi connectivity index (χ3n) is 3.79. The lowest BCUT2D eigenvalue weighted by molar-refractivity contribution is -0.138. The number of anilines is 1. The highest BCUT2D eigenvalue weighted by Crippen LogP contribution is 2.38. The van der Waals surface area contributed by atoms with Crippen molar-refractivity contribution in [3.63, 3.8) is 0 Å². The van der Waals surface area contributed by atoms with Gasteiger partial charge in [0.25, 0.3) is 5.91 Å². The molecule has 3 rings (SSSR count). The monoisotopic (exact) mass is 352 g/mol. The number of aromatic nitrogens is 1. The van der Waals surface area contributed by atoms with Gasteiger partial charge < -0.3 is 9.47 Å². The van der Waals surface area contributed by atoms with E-state index in [1.54, 1.807) is 25.1 Å². The summed E-state index contributed by atoms with van der Waals surface area (Å²) >= 11 is 0. The molecular formula is C17H15F3N2O3. The molecule has 1 aliphatic rings. The minimum atomic E-state index is -4.67. The second-order valence-corrected chi connectivity index (χ2v) is 5.58. The van der Waals surface area contributed by atoms with Gasteiger partial charge in [0.15, 0.2) is 0 Å². The number of amides is 1. The molecule has 1 aromatic carbocycles. The van der Waals surface area contributed by atoms with Crippen molar-refractivity contribution in [3.05, 3.63) is 47.8 Å². The molecule has 1 unspecified atom stereocenters. The summed E-state index contributed by atoms with van der Waals surface area (Å²) in [6.07, 6.45) is -3.88. The van der Waals surface area contributed by atoms with Crippen molar-refractivity contribution in [1.82, 2.24) is 4.98 Å². The molecule has 0 saturated heterocycles. The highest BCUT2D eigenvalue weighted by molar-refractivity contribution is 6.07. The first-order chi connectivity index (χ1) is 11.8. The molecule has 0 saturated carbocycles. The Morgan fingerprint density at radius 3 is 2.80 bits per heavy atom. The molecule has 0 fully saturated rings. The molecule has 0 N–H and O–H groups in total. The number of fused-ring (bicyclic) bond motifs is 1. The molecule has 132 valence electrons. The maximum absolute atomic E-state index is 13.2. The maximum Gasteiger partial charge on any atom is 0.418 e. The molecule has 0 radical (unpaired) electrons. The molecule has 1 amide bonds. The molecule has 0 spiro atoms. The van der Waals surface area contributed by atoms with Crippen molar-refractivity contribution in [2.75, 3.05) is 18.6 Å². The molecular weight excluding hydrogens is 337 g/mol. The average molecular weight is 352 g/mol. The summed E-state index contributed by atoms with van der Waals surface area (Å²) in [5, 5.41) is 0. The number of pyridine rings is 1. The van der Waals surface area contributed by atoms with Crippen LogP contribution < -0.4 is 14.4 Å². The summed E-state index contributed by atoms with van der Waals surface area (Å²) in [6, 6.07) is 6.82. The van der Waals surface area contributed by atoms with Crippen molar-refractivity contribution < 1.29 is 27.4 Å². The predicted molar refractivity (Wildman–Crippen MR) is 84.0 cm³/mol. The summed E-state index contributed by atoms with van der Waals surface area (Å²) in [6.45, 7) is 1.84. The molecule has 0 aliphatic carbocycles. The normalized spacial score (nSPS) is 16.8. The fourth-order valence-corrected chi connectivity index (χ4v) is 2.67. The lowest BCUT2D eigenvalue weighted by Gasteiger charge is -2.33. The van der Waals surface area contributed by atoms with Gasteiger partial charge >= 0.3 is 6.18 Å². The number of hydrogen-bond donors (Lipinski definition) is 0. The quantitative estimate of drug-likeness (QED) is 0.830. The molecule has 0 bridgehead atoms. The zero-order valence-corrected chi connectivity index (χ0v) is 13.5. The van der Waals surface area contributed by atoms with Crippen LogP contribution in [0.25, 0.3) is 0 Å². The highest BCUT2D eigenvalue weighted by Gasteiger charge is 2.38. The van der Waals surface area contributed by atoms with E-state index >= 15 is 0 Å². The number of rotatable bonds is 2. The van der Waals surface area contributed by atoms with Gasteiger partial charge in [-0.25, -0.2) is 0 Å². The van der Waals surface area contributed by atoms with Gasteiger partial charge in [-0.1, -0.05) is 0 Å². The van der Waals surface area contributed by atoms with Crippen LogP contribution in [0.1, 0.15) is 23.0 Å². The van der Waals surface area contributed by atoms with Gasteiger partial charge in [-0.3, -0.25) is 14.7 Å². The van der Waals surface area contributed by atoms with E-state index in [0.717, 1.165) is 12.1 Å². The summed E-state index contributed by atoms with van der Waals surface area (Å²) in [4.78, 5) is 17.8. The predicted octanol–water partition coefficient (Wildman–Crippen LogP) is 3.54. The van der Waals surface area contributed by atoms with Gasteiger partial charge in [0.05, 0.1) is 24.9 Å².